The number of hydrogen-bond donors (Lipinski definition) is 3. The fourth-order valence-electron chi connectivity index (χ4n) is 1.96. The maximum Gasteiger partial charge on any atom is 0.262 e. The number of halogens is 1. The predicted molar refractivity (Wildman–Crippen MR) is 95.7 cm³/mol. The van der Waals surface area contributed by atoms with E-state index in [-0.39, 0.29) is 17.7 Å². The number of anilines is 1. The maximum atomic E-state index is 12.2. The summed E-state index contributed by atoms with van der Waals surface area (Å²) in [6.07, 6.45) is 2.03. The molecule has 0 bridgehead atoms. The van der Waals surface area contributed by atoms with Gasteiger partial charge in [0.2, 0.25) is 0 Å². The molecule has 0 aliphatic carbocycles. The van der Waals surface area contributed by atoms with Crippen molar-refractivity contribution in [1.29, 1.82) is 0 Å². The quantitative estimate of drug-likeness (QED) is 0.534. The number of hydrogen-bond acceptors (Lipinski definition) is 4. The lowest BCUT2D eigenvalue weighted by atomic mass is 10.2. The highest BCUT2D eigenvalue weighted by molar-refractivity contribution is 9.10. The van der Waals surface area contributed by atoms with Crippen LogP contribution in [0.25, 0.3) is 0 Å². The third-order valence-corrected chi connectivity index (χ3v) is 3.70. The fourth-order valence-corrected chi connectivity index (χ4v) is 2.34. The van der Waals surface area contributed by atoms with Crippen LogP contribution in [0.1, 0.15) is 18.9 Å². The third-order valence-electron chi connectivity index (χ3n) is 3.21. The molecule has 6 heteroatoms. The van der Waals surface area contributed by atoms with Crippen LogP contribution in [-0.2, 0) is 4.79 Å². The van der Waals surface area contributed by atoms with Gasteiger partial charge in [0, 0.05) is 15.7 Å². The molecule has 0 saturated heterocycles. The number of hydrazone groups is 1. The van der Waals surface area contributed by atoms with E-state index >= 15 is 0 Å². The molecule has 2 aromatic rings. The molecule has 0 fully saturated rings. The zero-order valence-corrected chi connectivity index (χ0v) is 14.2. The Hall–Kier alpha value is -2.34. The molecule has 5 nitrogen and oxygen atoms in total. The smallest absolute Gasteiger partial charge is 0.262 e. The van der Waals surface area contributed by atoms with Gasteiger partial charge in [0.1, 0.15) is 11.8 Å². The summed E-state index contributed by atoms with van der Waals surface area (Å²) in [5, 5.41) is 16.8. The molecule has 1 amide bonds. The highest BCUT2D eigenvalue weighted by Crippen LogP contribution is 2.19. The van der Waals surface area contributed by atoms with Crippen LogP contribution in [0.4, 0.5) is 5.69 Å². The number of aromatic hydroxyl groups is 1. The van der Waals surface area contributed by atoms with Crippen LogP contribution in [0.3, 0.4) is 0 Å². The first-order chi connectivity index (χ1) is 11.1. The number of para-hydroxylation sites is 1. The van der Waals surface area contributed by atoms with Crippen molar-refractivity contribution in [2.45, 2.75) is 19.4 Å². The fraction of sp³-hybridized carbons (Fsp3) is 0.176. The van der Waals surface area contributed by atoms with Gasteiger partial charge < -0.3 is 10.4 Å². The Labute approximate surface area is 143 Å². The number of phenolic OH excluding ortho intramolecular Hbond substituents is 1. The van der Waals surface area contributed by atoms with Crippen molar-refractivity contribution in [3.05, 3.63) is 58.6 Å². The second-order valence-corrected chi connectivity index (χ2v) is 5.82. The van der Waals surface area contributed by atoms with Crippen molar-refractivity contribution in [2.75, 3.05) is 5.32 Å². The number of nitrogens with zero attached hydrogens (tertiary/aromatic N) is 1. The maximum absolute atomic E-state index is 12.2. The van der Waals surface area contributed by atoms with Crippen LogP contribution in [0.15, 0.2) is 58.1 Å². The summed E-state index contributed by atoms with van der Waals surface area (Å²) in [4.78, 5) is 12.2. The van der Waals surface area contributed by atoms with Crippen molar-refractivity contribution in [3.63, 3.8) is 0 Å². The first-order valence-corrected chi connectivity index (χ1v) is 8.02. The van der Waals surface area contributed by atoms with Gasteiger partial charge in [0.05, 0.1) is 6.21 Å². The average Bonchev–Trinajstić information content (AvgIpc) is 2.56. The summed E-state index contributed by atoms with van der Waals surface area (Å²) in [6, 6.07) is 14.1. The van der Waals surface area contributed by atoms with Crippen molar-refractivity contribution in [2.24, 2.45) is 5.10 Å². The number of amides is 1. The zero-order valence-electron chi connectivity index (χ0n) is 12.7. The lowest BCUT2D eigenvalue weighted by Crippen LogP contribution is -2.36. The second kappa shape index (κ2) is 8.33. The summed E-state index contributed by atoms with van der Waals surface area (Å²) in [6.45, 7) is 1.92. The van der Waals surface area contributed by atoms with Crippen molar-refractivity contribution in [3.8, 4) is 5.75 Å². The molecule has 2 aromatic carbocycles. The van der Waals surface area contributed by atoms with E-state index in [9.17, 15) is 9.90 Å². The predicted octanol–water partition coefficient (Wildman–Crippen LogP) is 3.50. The van der Waals surface area contributed by atoms with E-state index in [0.717, 1.165) is 10.2 Å². The third kappa shape index (κ3) is 5.10. The Morgan fingerprint density at radius 2 is 2.04 bits per heavy atom. The summed E-state index contributed by atoms with van der Waals surface area (Å²) in [5.41, 5.74) is 3.89. The normalized spacial score (nSPS) is 12.1. The molecule has 0 saturated carbocycles. The van der Waals surface area contributed by atoms with Gasteiger partial charge in [0.25, 0.3) is 5.91 Å². The molecule has 0 radical (unpaired) electrons. The van der Waals surface area contributed by atoms with Gasteiger partial charge in [-0.15, -0.1) is 0 Å². The van der Waals surface area contributed by atoms with Gasteiger partial charge in [-0.1, -0.05) is 41.1 Å². The molecule has 2 rings (SSSR count). The van der Waals surface area contributed by atoms with Crippen LogP contribution in [0.2, 0.25) is 0 Å². The first-order valence-electron chi connectivity index (χ1n) is 7.23. The van der Waals surface area contributed by atoms with Crippen LogP contribution in [-0.4, -0.2) is 23.3 Å². The Balaban J connectivity index is 1.97. The molecule has 0 heterocycles. The number of benzene rings is 2. The van der Waals surface area contributed by atoms with Gasteiger partial charge in [-0.05, 0) is 36.8 Å². The van der Waals surface area contributed by atoms with Gasteiger partial charge in [0.15, 0.2) is 0 Å². The minimum atomic E-state index is -0.384. The highest BCUT2D eigenvalue weighted by atomic mass is 79.9. The van der Waals surface area contributed by atoms with E-state index in [1.165, 1.54) is 6.21 Å². The summed E-state index contributed by atoms with van der Waals surface area (Å²) < 4.78 is 0.820. The monoisotopic (exact) mass is 375 g/mol. The van der Waals surface area contributed by atoms with E-state index in [1.807, 2.05) is 37.3 Å². The zero-order chi connectivity index (χ0) is 16.7. The van der Waals surface area contributed by atoms with Crippen LogP contribution < -0.4 is 10.7 Å². The Bertz CT molecular complexity index is 689. The number of carbonyl (C=O) groups excluding carboxylic acids is 1. The summed E-state index contributed by atoms with van der Waals surface area (Å²) in [7, 11) is 0. The minimum absolute atomic E-state index is 0.0978. The van der Waals surface area contributed by atoms with Gasteiger partial charge in [-0.25, -0.2) is 5.43 Å². The molecular formula is C17H18BrN3O2. The van der Waals surface area contributed by atoms with E-state index in [0.29, 0.717) is 12.0 Å². The topological polar surface area (TPSA) is 73.7 Å². The molecule has 0 aliphatic heterocycles. The lowest BCUT2D eigenvalue weighted by Gasteiger charge is -2.16. The van der Waals surface area contributed by atoms with Gasteiger partial charge in [-0.2, -0.15) is 5.10 Å². The standard InChI is InChI=1S/C17H18BrN3O2/c1-2-15(20-14-6-4-3-5-7-14)17(23)21-19-11-12-10-13(18)8-9-16(12)22/h3-11,15,20,22H,2H2,1H3,(H,21,23)/b19-11+/t15-/m0/s1. The number of rotatable bonds is 6. The van der Waals surface area contributed by atoms with E-state index < -0.39 is 0 Å². The SMILES string of the molecule is CC[C@H](Nc1ccccc1)C(=O)N/N=C/c1cc(Br)ccc1O. The van der Waals surface area contributed by atoms with Crippen LogP contribution >= 0.6 is 15.9 Å². The van der Waals surface area contributed by atoms with Crippen molar-refractivity contribution in [1.82, 2.24) is 5.43 Å². The highest BCUT2D eigenvalue weighted by Gasteiger charge is 2.15. The number of carbonyl (C=O) groups is 1. The molecule has 0 aromatic heterocycles. The van der Waals surface area contributed by atoms with E-state index in [4.69, 9.17) is 0 Å². The minimum Gasteiger partial charge on any atom is -0.507 e. The summed E-state index contributed by atoms with van der Waals surface area (Å²) >= 11 is 3.32. The second-order valence-electron chi connectivity index (χ2n) is 4.91. The molecule has 0 spiro atoms. The van der Waals surface area contributed by atoms with Crippen LogP contribution in [0.5, 0.6) is 5.75 Å². The molecule has 0 unspecified atom stereocenters. The molecule has 120 valence electrons. The average molecular weight is 376 g/mol. The number of nitrogens with one attached hydrogen (secondary N) is 2. The van der Waals surface area contributed by atoms with Gasteiger partial charge in [-0.3, -0.25) is 4.79 Å². The van der Waals surface area contributed by atoms with Crippen LogP contribution in [0, 0.1) is 0 Å². The molecule has 3 N–H and O–H groups in total. The summed E-state index contributed by atoms with van der Waals surface area (Å²) in [5.74, 6) is -0.136. The Morgan fingerprint density at radius 3 is 2.74 bits per heavy atom. The molecule has 23 heavy (non-hydrogen) atoms. The molecule has 0 aliphatic rings. The lowest BCUT2D eigenvalue weighted by molar-refractivity contribution is -0.121. The molecular weight excluding hydrogens is 358 g/mol. The van der Waals surface area contributed by atoms with E-state index in [1.54, 1.807) is 18.2 Å². The largest absolute Gasteiger partial charge is 0.507 e. The molecule has 1 atom stereocenters. The first kappa shape index (κ1) is 17.0. The number of phenols is 1. The Morgan fingerprint density at radius 1 is 1.30 bits per heavy atom. The van der Waals surface area contributed by atoms with Crippen molar-refractivity contribution >= 4 is 33.7 Å². The van der Waals surface area contributed by atoms with Gasteiger partial charge >= 0.3 is 0 Å². The van der Waals surface area contributed by atoms with E-state index in [2.05, 4.69) is 31.8 Å². The Kier molecular flexibility index (Phi) is 6.17. The van der Waals surface area contributed by atoms with Crippen molar-refractivity contribution < 1.29 is 9.90 Å².